The van der Waals surface area contributed by atoms with Crippen LogP contribution < -0.4 is 15.9 Å². The molecule has 4 rings (SSSR count). The largest absolute Gasteiger partial charge is 0.479 e. The Balaban J connectivity index is 1.81. The van der Waals surface area contributed by atoms with Gasteiger partial charge in [0.2, 0.25) is 0 Å². The van der Waals surface area contributed by atoms with Gasteiger partial charge in [0, 0.05) is 11.6 Å². The van der Waals surface area contributed by atoms with E-state index in [9.17, 15) is 9.90 Å². The Morgan fingerprint density at radius 1 is 0.821 bits per heavy atom. The summed E-state index contributed by atoms with van der Waals surface area (Å²) in [7, 11) is -1.17. The summed E-state index contributed by atoms with van der Waals surface area (Å²) >= 11 is 0. The number of aromatic nitrogens is 1. The first kappa shape index (κ1) is 18.1. The Bertz CT molecular complexity index is 1040. The molecular weight excluding hydrogens is 367 g/mol. The Labute approximate surface area is 164 Å². The molecular formula is C23H19N2O2P. The van der Waals surface area contributed by atoms with Crippen molar-refractivity contribution in [2.75, 3.05) is 5.32 Å². The molecule has 28 heavy (non-hydrogen) atoms. The molecule has 0 saturated heterocycles. The van der Waals surface area contributed by atoms with E-state index in [0.717, 1.165) is 27.2 Å². The van der Waals surface area contributed by atoms with Crippen molar-refractivity contribution in [2.24, 2.45) is 0 Å². The number of aliphatic carboxylic acids is 1. The summed E-state index contributed by atoms with van der Waals surface area (Å²) in [6.45, 7) is 0. The fraction of sp³-hybridized carbons (Fsp3) is 0.0435. The van der Waals surface area contributed by atoms with E-state index < -0.39 is 19.7 Å². The highest BCUT2D eigenvalue weighted by molar-refractivity contribution is 7.74. The second-order valence-electron chi connectivity index (χ2n) is 6.31. The number of nitrogens with zero attached hydrogens (tertiary/aromatic N) is 1. The number of hydrogen-bond donors (Lipinski definition) is 2. The third kappa shape index (κ3) is 3.73. The van der Waals surface area contributed by atoms with Crippen molar-refractivity contribution < 1.29 is 9.90 Å². The Kier molecular flexibility index (Phi) is 5.31. The molecule has 3 aromatic carbocycles. The highest BCUT2D eigenvalue weighted by atomic mass is 31.1. The van der Waals surface area contributed by atoms with Crippen molar-refractivity contribution in [3.63, 3.8) is 0 Å². The van der Waals surface area contributed by atoms with E-state index >= 15 is 0 Å². The van der Waals surface area contributed by atoms with Crippen molar-refractivity contribution >= 4 is 41.1 Å². The zero-order valence-corrected chi connectivity index (χ0v) is 16.0. The zero-order chi connectivity index (χ0) is 19.3. The van der Waals surface area contributed by atoms with Gasteiger partial charge in [0.15, 0.2) is 5.78 Å². The van der Waals surface area contributed by atoms with Gasteiger partial charge in [0.05, 0.1) is 11.2 Å². The minimum absolute atomic E-state index is 0.727. The van der Waals surface area contributed by atoms with Crippen LogP contribution >= 0.6 is 7.92 Å². The minimum Gasteiger partial charge on any atom is -0.479 e. The van der Waals surface area contributed by atoms with Gasteiger partial charge in [-0.05, 0) is 30.7 Å². The average molecular weight is 386 g/mol. The number of fused-ring (bicyclic) bond motifs is 1. The Morgan fingerprint density at radius 2 is 1.43 bits per heavy atom. The van der Waals surface area contributed by atoms with Crippen LogP contribution in [0.4, 0.5) is 5.69 Å². The maximum absolute atomic E-state index is 12.4. The van der Waals surface area contributed by atoms with Crippen LogP contribution in [-0.4, -0.2) is 21.8 Å². The van der Waals surface area contributed by atoms with Gasteiger partial charge in [0.25, 0.3) is 0 Å². The molecule has 0 spiro atoms. The number of para-hydroxylation sites is 1. The van der Waals surface area contributed by atoms with E-state index in [4.69, 9.17) is 0 Å². The summed E-state index contributed by atoms with van der Waals surface area (Å²) in [5.41, 5.74) is 1.50. The van der Waals surface area contributed by atoms with Crippen LogP contribution in [-0.2, 0) is 4.79 Å². The highest BCUT2D eigenvalue weighted by Gasteiger charge is 2.31. The van der Waals surface area contributed by atoms with E-state index in [-0.39, 0.29) is 0 Å². The smallest absolute Gasteiger partial charge is 0.331 e. The van der Waals surface area contributed by atoms with Crippen LogP contribution in [0.1, 0.15) is 0 Å². The van der Waals surface area contributed by atoms with E-state index in [2.05, 4.69) is 10.3 Å². The molecule has 1 heterocycles. The molecule has 0 aliphatic rings. The van der Waals surface area contributed by atoms with Gasteiger partial charge in [-0.3, -0.25) is 4.98 Å². The minimum atomic E-state index is -1.17. The number of carboxylic acids is 1. The zero-order valence-electron chi connectivity index (χ0n) is 15.1. The van der Waals surface area contributed by atoms with Crippen LogP contribution in [0.25, 0.3) is 10.9 Å². The summed E-state index contributed by atoms with van der Waals surface area (Å²) in [4.78, 5) is 16.8. The molecule has 0 radical (unpaired) electrons. The molecule has 4 nitrogen and oxygen atoms in total. The number of rotatable bonds is 6. The molecule has 0 fully saturated rings. The fourth-order valence-electron chi connectivity index (χ4n) is 3.23. The number of hydrogen-bond acceptors (Lipinski definition) is 3. The third-order valence-corrected chi connectivity index (χ3v) is 7.06. The van der Waals surface area contributed by atoms with Gasteiger partial charge in [-0.2, -0.15) is 0 Å². The second kappa shape index (κ2) is 8.20. The number of nitrogens with one attached hydrogen (secondary N) is 1. The molecule has 2 N–H and O–H groups in total. The lowest BCUT2D eigenvalue weighted by molar-refractivity contribution is -0.135. The predicted molar refractivity (Wildman–Crippen MR) is 116 cm³/mol. The standard InChI is InChI=1S/C23H19N2O2P/c26-23(27)22(25-20-15-7-9-17-10-8-16-24-21(17)20)28(18-11-3-1-4-12-18)19-13-5-2-6-14-19/h1-16,22,25H,(H,26,27). The summed E-state index contributed by atoms with van der Waals surface area (Å²) in [6.07, 6.45) is 1.72. The van der Waals surface area contributed by atoms with E-state index in [1.165, 1.54) is 0 Å². The van der Waals surface area contributed by atoms with E-state index in [1.807, 2.05) is 91.0 Å². The van der Waals surface area contributed by atoms with Gasteiger partial charge in [-0.1, -0.05) is 78.9 Å². The van der Waals surface area contributed by atoms with Crippen LogP contribution in [0.2, 0.25) is 0 Å². The molecule has 0 aliphatic carbocycles. The highest BCUT2D eigenvalue weighted by Crippen LogP contribution is 2.40. The monoisotopic (exact) mass is 386 g/mol. The van der Waals surface area contributed by atoms with Crippen molar-refractivity contribution in [1.82, 2.24) is 4.98 Å². The number of pyridine rings is 1. The molecule has 0 saturated carbocycles. The lowest BCUT2D eigenvalue weighted by atomic mass is 10.2. The molecule has 1 unspecified atom stereocenters. The Morgan fingerprint density at radius 3 is 2.04 bits per heavy atom. The quantitative estimate of drug-likeness (QED) is 0.488. The van der Waals surface area contributed by atoms with Crippen LogP contribution in [0.5, 0.6) is 0 Å². The first-order valence-electron chi connectivity index (χ1n) is 8.96. The summed E-state index contributed by atoms with van der Waals surface area (Å²) < 4.78 is 0. The molecule has 5 heteroatoms. The normalized spacial score (nSPS) is 12.0. The lowest BCUT2D eigenvalue weighted by Gasteiger charge is -2.27. The number of carbonyl (C=O) groups is 1. The first-order valence-corrected chi connectivity index (χ1v) is 10.4. The Hall–Kier alpha value is -3.23. The number of anilines is 1. The first-order chi connectivity index (χ1) is 13.7. The van der Waals surface area contributed by atoms with Crippen molar-refractivity contribution in [2.45, 2.75) is 5.78 Å². The van der Waals surface area contributed by atoms with Crippen LogP contribution in [0.15, 0.2) is 97.2 Å². The van der Waals surface area contributed by atoms with Crippen LogP contribution in [0, 0.1) is 0 Å². The maximum atomic E-state index is 12.4. The van der Waals surface area contributed by atoms with Gasteiger partial charge < -0.3 is 10.4 Å². The van der Waals surface area contributed by atoms with E-state index in [1.54, 1.807) is 6.20 Å². The predicted octanol–water partition coefficient (Wildman–Crippen LogP) is 4.19. The topological polar surface area (TPSA) is 62.2 Å². The van der Waals surface area contributed by atoms with Crippen molar-refractivity contribution in [1.29, 1.82) is 0 Å². The average Bonchev–Trinajstić information content (AvgIpc) is 2.75. The maximum Gasteiger partial charge on any atom is 0.331 e. The second-order valence-corrected chi connectivity index (χ2v) is 8.60. The van der Waals surface area contributed by atoms with Crippen molar-refractivity contribution in [3.8, 4) is 0 Å². The van der Waals surface area contributed by atoms with Gasteiger partial charge in [0.1, 0.15) is 0 Å². The molecule has 1 aromatic heterocycles. The summed E-state index contributed by atoms with van der Waals surface area (Å²) in [5.74, 6) is -1.67. The van der Waals surface area contributed by atoms with Gasteiger partial charge in [-0.25, -0.2) is 4.79 Å². The number of benzene rings is 3. The SMILES string of the molecule is O=C(O)C(Nc1cccc2cccnc12)P(c1ccccc1)c1ccccc1. The fourth-order valence-corrected chi connectivity index (χ4v) is 5.60. The lowest BCUT2D eigenvalue weighted by Crippen LogP contribution is -2.34. The van der Waals surface area contributed by atoms with Gasteiger partial charge in [-0.15, -0.1) is 0 Å². The van der Waals surface area contributed by atoms with Gasteiger partial charge >= 0.3 is 5.97 Å². The number of carboxylic acid groups (broad SMARTS) is 1. The molecule has 1 atom stereocenters. The van der Waals surface area contributed by atoms with E-state index in [0.29, 0.717) is 0 Å². The van der Waals surface area contributed by atoms with Crippen LogP contribution in [0.3, 0.4) is 0 Å². The third-order valence-electron chi connectivity index (χ3n) is 4.49. The van der Waals surface area contributed by atoms with Crippen molar-refractivity contribution in [3.05, 3.63) is 97.2 Å². The molecule has 4 aromatic rings. The summed E-state index contributed by atoms with van der Waals surface area (Å²) in [5, 5.41) is 16.4. The molecule has 0 bridgehead atoms. The molecule has 0 amide bonds. The molecule has 138 valence electrons. The molecule has 0 aliphatic heterocycles. The summed E-state index contributed by atoms with van der Waals surface area (Å²) in [6, 6.07) is 29.3.